The van der Waals surface area contributed by atoms with Gasteiger partial charge in [0.15, 0.2) is 0 Å². The van der Waals surface area contributed by atoms with Crippen LogP contribution in [0.3, 0.4) is 0 Å². The topological polar surface area (TPSA) is 42.2 Å². The van der Waals surface area contributed by atoms with Gasteiger partial charge in [0.1, 0.15) is 0 Å². The summed E-state index contributed by atoms with van der Waals surface area (Å²) in [5.41, 5.74) is 0.350. The molecule has 3 atom stereocenters. The predicted octanol–water partition coefficient (Wildman–Crippen LogP) is 3.39. The SMILES string of the molecule is CCC(C)(C)C1CCC(C#N)C(OCCOC)C1. The van der Waals surface area contributed by atoms with Crippen LogP contribution in [-0.2, 0) is 9.47 Å². The zero-order valence-corrected chi connectivity index (χ0v) is 12.2. The smallest absolute Gasteiger partial charge is 0.0737 e. The van der Waals surface area contributed by atoms with Crippen molar-refractivity contribution in [2.75, 3.05) is 20.3 Å². The molecule has 3 nitrogen and oxygen atoms in total. The highest BCUT2D eigenvalue weighted by atomic mass is 16.5. The van der Waals surface area contributed by atoms with Crippen molar-refractivity contribution in [3.05, 3.63) is 0 Å². The van der Waals surface area contributed by atoms with E-state index in [0.717, 1.165) is 19.3 Å². The summed E-state index contributed by atoms with van der Waals surface area (Å²) >= 11 is 0. The van der Waals surface area contributed by atoms with E-state index in [-0.39, 0.29) is 12.0 Å². The van der Waals surface area contributed by atoms with Gasteiger partial charge in [-0.05, 0) is 30.6 Å². The highest BCUT2D eigenvalue weighted by molar-refractivity contribution is 4.96. The average molecular weight is 253 g/mol. The van der Waals surface area contributed by atoms with Crippen LogP contribution in [0, 0.1) is 28.6 Å². The van der Waals surface area contributed by atoms with Gasteiger partial charge >= 0.3 is 0 Å². The third kappa shape index (κ3) is 3.96. The van der Waals surface area contributed by atoms with Gasteiger partial charge in [-0.1, -0.05) is 27.2 Å². The molecule has 1 fully saturated rings. The fourth-order valence-corrected chi connectivity index (χ4v) is 2.74. The monoisotopic (exact) mass is 253 g/mol. The van der Waals surface area contributed by atoms with E-state index in [1.165, 1.54) is 6.42 Å². The number of hydrogen-bond acceptors (Lipinski definition) is 3. The first-order valence-corrected chi connectivity index (χ1v) is 7.05. The van der Waals surface area contributed by atoms with Crippen LogP contribution in [0.25, 0.3) is 0 Å². The molecule has 1 aliphatic carbocycles. The summed E-state index contributed by atoms with van der Waals surface area (Å²) in [4.78, 5) is 0. The van der Waals surface area contributed by atoms with Crippen molar-refractivity contribution >= 4 is 0 Å². The Bertz CT molecular complexity index is 283. The molecule has 0 saturated heterocycles. The Morgan fingerprint density at radius 3 is 2.56 bits per heavy atom. The summed E-state index contributed by atoms with van der Waals surface area (Å²) in [7, 11) is 1.68. The van der Waals surface area contributed by atoms with Gasteiger partial charge in [0.25, 0.3) is 0 Å². The first kappa shape index (κ1) is 15.5. The first-order chi connectivity index (χ1) is 8.55. The lowest BCUT2D eigenvalue weighted by atomic mass is 9.67. The molecule has 104 valence electrons. The molecule has 0 spiro atoms. The van der Waals surface area contributed by atoms with Crippen LogP contribution in [0.2, 0.25) is 0 Å². The Morgan fingerprint density at radius 2 is 2.00 bits per heavy atom. The number of rotatable bonds is 6. The van der Waals surface area contributed by atoms with E-state index in [1.54, 1.807) is 7.11 Å². The Morgan fingerprint density at radius 1 is 1.28 bits per heavy atom. The minimum Gasteiger partial charge on any atom is -0.382 e. The van der Waals surface area contributed by atoms with Crippen molar-refractivity contribution in [2.24, 2.45) is 17.3 Å². The number of nitrogens with zero attached hydrogens (tertiary/aromatic N) is 1. The Labute approximate surface area is 111 Å². The quantitative estimate of drug-likeness (QED) is 0.681. The van der Waals surface area contributed by atoms with Crippen LogP contribution < -0.4 is 0 Å². The maximum absolute atomic E-state index is 9.20. The minimum atomic E-state index is 0.0609. The molecule has 0 bridgehead atoms. The lowest BCUT2D eigenvalue weighted by molar-refractivity contribution is -0.0461. The number of nitriles is 1. The normalized spacial score (nSPS) is 28.9. The van der Waals surface area contributed by atoms with E-state index >= 15 is 0 Å². The molecule has 0 aliphatic heterocycles. The van der Waals surface area contributed by atoms with Crippen molar-refractivity contribution in [3.8, 4) is 6.07 Å². The molecule has 0 aromatic heterocycles. The number of hydrogen-bond donors (Lipinski definition) is 0. The Balaban J connectivity index is 2.58. The predicted molar refractivity (Wildman–Crippen MR) is 72.1 cm³/mol. The summed E-state index contributed by atoms with van der Waals surface area (Å²) < 4.78 is 10.9. The summed E-state index contributed by atoms with van der Waals surface area (Å²) in [5.74, 6) is 0.727. The average Bonchev–Trinajstić information content (AvgIpc) is 2.39. The van der Waals surface area contributed by atoms with E-state index in [2.05, 4.69) is 26.8 Å². The highest BCUT2D eigenvalue weighted by Crippen LogP contribution is 2.42. The maximum Gasteiger partial charge on any atom is 0.0737 e. The molecule has 1 aliphatic rings. The Hall–Kier alpha value is -0.590. The summed E-state index contributed by atoms with van der Waals surface area (Å²) in [6, 6.07) is 2.41. The van der Waals surface area contributed by atoms with Crippen molar-refractivity contribution in [1.29, 1.82) is 5.26 Å². The summed E-state index contributed by atoms with van der Waals surface area (Å²) in [6.07, 6.45) is 4.42. The van der Waals surface area contributed by atoms with Crippen molar-refractivity contribution in [2.45, 2.75) is 52.6 Å². The van der Waals surface area contributed by atoms with Gasteiger partial charge in [-0.15, -0.1) is 0 Å². The van der Waals surface area contributed by atoms with Crippen molar-refractivity contribution < 1.29 is 9.47 Å². The summed E-state index contributed by atoms with van der Waals surface area (Å²) in [6.45, 7) is 8.11. The third-order valence-corrected chi connectivity index (χ3v) is 4.59. The fraction of sp³-hybridized carbons (Fsp3) is 0.933. The molecule has 0 aromatic carbocycles. The van der Waals surface area contributed by atoms with Gasteiger partial charge in [-0.25, -0.2) is 0 Å². The van der Waals surface area contributed by atoms with Gasteiger partial charge in [-0.2, -0.15) is 5.26 Å². The van der Waals surface area contributed by atoms with Gasteiger partial charge in [0.05, 0.1) is 31.3 Å². The molecule has 3 unspecified atom stereocenters. The van der Waals surface area contributed by atoms with Gasteiger partial charge in [-0.3, -0.25) is 0 Å². The molecule has 0 amide bonds. The van der Waals surface area contributed by atoms with Crippen LogP contribution in [0.15, 0.2) is 0 Å². The second-order valence-corrected chi connectivity index (χ2v) is 5.99. The molecule has 18 heavy (non-hydrogen) atoms. The van der Waals surface area contributed by atoms with Crippen LogP contribution in [-0.4, -0.2) is 26.4 Å². The molecule has 0 heterocycles. The lowest BCUT2D eigenvalue weighted by Gasteiger charge is -2.41. The second-order valence-electron chi connectivity index (χ2n) is 5.99. The number of methoxy groups -OCH3 is 1. The second kappa shape index (κ2) is 7.11. The summed E-state index contributed by atoms with van der Waals surface area (Å²) in [5, 5.41) is 9.20. The number of ether oxygens (including phenoxy) is 2. The standard InChI is InChI=1S/C15H27NO2/c1-5-15(2,3)13-7-6-12(11-16)14(10-13)18-9-8-17-4/h12-14H,5-10H2,1-4H3. The van der Waals surface area contributed by atoms with E-state index in [0.29, 0.717) is 24.5 Å². The third-order valence-electron chi connectivity index (χ3n) is 4.59. The largest absolute Gasteiger partial charge is 0.382 e. The van der Waals surface area contributed by atoms with Crippen LogP contribution >= 0.6 is 0 Å². The van der Waals surface area contributed by atoms with Crippen molar-refractivity contribution in [3.63, 3.8) is 0 Å². The lowest BCUT2D eigenvalue weighted by Crippen LogP contribution is -2.37. The van der Waals surface area contributed by atoms with Gasteiger partial charge in [0.2, 0.25) is 0 Å². The first-order valence-electron chi connectivity index (χ1n) is 7.05. The molecule has 1 rings (SSSR count). The van der Waals surface area contributed by atoms with E-state index < -0.39 is 0 Å². The minimum absolute atomic E-state index is 0.0609. The van der Waals surface area contributed by atoms with E-state index in [9.17, 15) is 5.26 Å². The van der Waals surface area contributed by atoms with E-state index in [1.807, 2.05) is 0 Å². The van der Waals surface area contributed by atoms with Crippen LogP contribution in [0.5, 0.6) is 0 Å². The molecule has 1 saturated carbocycles. The van der Waals surface area contributed by atoms with E-state index in [4.69, 9.17) is 9.47 Å². The Kier molecular flexibility index (Phi) is 6.11. The van der Waals surface area contributed by atoms with Crippen LogP contribution in [0.4, 0.5) is 0 Å². The van der Waals surface area contributed by atoms with Crippen LogP contribution in [0.1, 0.15) is 46.5 Å². The zero-order valence-electron chi connectivity index (χ0n) is 12.2. The molecule has 3 heteroatoms. The molecule has 0 N–H and O–H groups in total. The van der Waals surface area contributed by atoms with Gasteiger partial charge in [0, 0.05) is 7.11 Å². The molecule has 0 radical (unpaired) electrons. The maximum atomic E-state index is 9.20. The molecule has 0 aromatic rings. The molecular formula is C15H27NO2. The highest BCUT2D eigenvalue weighted by Gasteiger charge is 2.37. The zero-order chi connectivity index (χ0) is 13.6. The molecular weight excluding hydrogens is 226 g/mol. The van der Waals surface area contributed by atoms with Crippen molar-refractivity contribution in [1.82, 2.24) is 0 Å². The van der Waals surface area contributed by atoms with Gasteiger partial charge < -0.3 is 9.47 Å². The fourth-order valence-electron chi connectivity index (χ4n) is 2.74.